The van der Waals surface area contributed by atoms with Crippen molar-refractivity contribution < 1.29 is 4.79 Å². The summed E-state index contributed by atoms with van der Waals surface area (Å²) in [6.45, 7) is 2.85. The molecule has 2 aromatic rings. The van der Waals surface area contributed by atoms with Gasteiger partial charge in [0.25, 0.3) is 5.91 Å². The van der Waals surface area contributed by atoms with Gasteiger partial charge in [0.1, 0.15) is 0 Å². The predicted molar refractivity (Wildman–Crippen MR) is 90.7 cm³/mol. The average molecular weight is 333 g/mol. The SMILES string of the molecule is CN(C)C(=O)c1cn[nH]c1[C@@H]1CCN(Cc2ccc(Cl)cc2)C1. The molecule has 0 unspecified atom stereocenters. The lowest BCUT2D eigenvalue weighted by Crippen LogP contribution is -2.24. The maximum Gasteiger partial charge on any atom is 0.256 e. The van der Waals surface area contributed by atoms with E-state index >= 15 is 0 Å². The Bertz CT molecular complexity index is 680. The number of rotatable bonds is 4. The predicted octanol–water partition coefficient (Wildman–Crippen LogP) is 2.75. The lowest BCUT2D eigenvalue weighted by molar-refractivity contribution is 0.0826. The molecule has 0 bridgehead atoms. The Morgan fingerprint density at radius 1 is 1.39 bits per heavy atom. The molecule has 23 heavy (non-hydrogen) atoms. The number of carbonyl (C=O) groups excluding carboxylic acids is 1. The zero-order valence-electron chi connectivity index (χ0n) is 13.4. The van der Waals surface area contributed by atoms with Crippen LogP contribution in [0.2, 0.25) is 5.02 Å². The van der Waals surface area contributed by atoms with Gasteiger partial charge in [-0.2, -0.15) is 5.10 Å². The fourth-order valence-corrected chi connectivity index (χ4v) is 3.20. The minimum atomic E-state index is 0.00454. The lowest BCUT2D eigenvalue weighted by Gasteiger charge is -2.17. The number of aromatic nitrogens is 2. The third-order valence-corrected chi connectivity index (χ3v) is 4.56. The Balaban J connectivity index is 1.67. The van der Waals surface area contributed by atoms with Gasteiger partial charge in [-0.15, -0.1) is 0 Å². The molecule has 1 atom stereocenters. The zero-order chi connectivity index (χ0) is 16.4. The first kappa shape index (κ1) is 16.0. The Morgan fingerprint density at radius 2 is 2.13 bits per heavy atom. The number of nitrogens with one attached hydrogen (secondary N) is 1. The highest BCUT2D eigenvalue weighted by Gasteiger charge is 2.29. The van der Waals surface area contributed by atoms with Crippen molar-refractivity contribution in [3.05, 3.63) is 52.3 Å². The van der Waals surface area contributed by atoms with Crippen LogP contribution in [-0.2, 0) is 6.54 Å². The van der Waals surface area contributed by atoms with E-state index < -0.39 is 0 Å². The quantitative estimate of drug-likeness (QED) is 0.936. The maximum absolute atomic E-state index is 12.2. The van der Waals surface area contributed by atoms with E-state index in [2.05, 4.69) is 27.2 Å². The number of aromatic amines is 1. The van der Waals surface area contributed by atoms with Gasteiger partial charge in [-0.3, -0.25) is 14.8 Å². The van der Waals surface area contributed by atoms with Crippen molar-refractivity contribution in [3.63, 3.8) is 0 Å². The summed E-state index contributed by atoms with van der Waals surface area (Å²) in [5.74, 6) is 0.327. The molecule has 0 radical (unpaired) electrons. The Kier molecular flexibility index (Phi) is 4.68. The van der Waals surface area contributed by atoms with E-state index in [1.807, 2.05) is 12.1 Å². The summed E-state index contributed by atoms with van der Waals surface area (Å²) < 4.78 is 0. The molecule has 1 aliphatic heterocycles. The van der Waals surface area contributed by atoms with Crippen molar-refractivity contribution in [1.82, 2.24) is 20.0 Å². The van der Waals surface area contributed by atoms with Crippen LogP contribution >= 0.6 is 11.6 Å². The first-order chi connectivity index (χ1) is 11.0. The van der Waals surface area contributed by atoms with Gasteiger partial charge in [0.05, 0.1) is 17.5 Å². The third-order valence-electron chi connectivity index (χ3n) is 4.31. The minimum Gasteiger partial charge on any atom is -0.345 e. The number of carbonyl (C=O) groups is 1. The number of amides is 1. The molecule has 5 nitrogen and oxygen atoms in total. The molecule has 1 aromatic carbocycles. The average Bonchev–Trinajstić information content (AvgIpc) is 3.17. The van der Waals surface area contributed by atoms with Gasteiger partial charge < -0.3 is 4.90 Å². The minimum absolute atomic E-state index is 0.00454. The van der Waals surface area contributed by atoms with Crippen LogP contribution in [0.3, 0.4) is 0 Å². The molecular formula is C17H21ClN4O. The van der Waals surface area contributed by atoms with Gasteiger partial charge in [-0.05, 0) is 30.7 Å². The van der Waals surface area contributed by atoms with E-state index in [-0.39, 0.29) is 5.91 Å². The molecule has 1 fully saturated rings. The normalized spacial score (nSPS) is 18.3. The molecule has 1 aromatic heterocycles. The first-order valence-corrected chi connectivity index (χ1v) is 8.14. The van der Waals surface area contributed by atoms with Gasteiger partial charge in [-0.25, -0.2) is 0 Å². The second-order valence-electron chi connectivity index (χ2n) is 6.24. The number of H-pyrrole nitrogens is 1. The molecule has 0 aliphatic carbocycles. The molecular weight excluding hydrogens is 312 g/mol. The van der Waals surface area contributed by atoms with Crippen LogP contribution in [0.15, 0.2) is 30.5 Å². The highest BCUT2D eigenvalue weighted by Crippen LogP contribution is 2.29. The third kappa shape index (κ3) is 3.57. The molecule has 122 valence electrons. The van der Waals surface area contributed by atoms with Crippen LogP contribution in [0.1, 0.15) is 34.0 Å². The van der Waals surface area contributed by atoms with E-state index in [4.69, 9.17) is 11.6 Å². The largest absolute Gasteiger partial charge is 0.345 e. The van der Waals surface area contributed by atoms with E-state index in [0.29, 0.717) is 11.5 Å². The molecule has 0 spiro atoms. The molecule has 6 heteroatoms. The highest BCUT2D eigenvalue weighted by molar-refractivity contribution is 6.30. The number of hydrogen-bond acceptors (Lipinski definition) is 3. The Hall–Kier alpha value is -1.85. The van der Waals surface area contributed by atoms with Crippen molar-refractivity contribution in [2.24, 2.45) is 0 Å². The highest BCUT2D eigenvalue weighted by atomic mass is 35.5. The van der Waals surface area contributed by atoms with Gasteiger partial charge in [0.2, 0.25) is 0 Å². The summed E-state index contributed by atoms with van der Waals surface area (Å²) in [4.78, 5) is 16.2. The number of hydrogen-bond donors (Lipinski definition) is 1. The van der Waals surface area contributed by atoms with Gasteiger partial charge in [-0.1, -0.05) is 23.7 Å². The van der Waals surface area contributed by atoms with Crippen LogP contribution in [0.5, 0.6) is 0 Å². The number of nitrogens with zero attached hydrogens (tertiary/aromatic N) is 3. The van der Waals surface area contributed by atoms with E-state index in [9.17, 15) is 4.79 Å². The standard InChI is InChI=1S/C17H21ClN4O/c1-21(2)17(23)15-9-19-20-16(15)13-7-8-22(11-13)10-12-3-5-14(18)6-4-12/h3-6,9,13H,7-8,10-11H2,1-2H3,(H,19,20)/t13-/m1/s1. The van der Waals surface area contributed by atoms with E-state index in [1.54, 1.807) is 25.2 Å². The van der Waals surface area contributed by atoms with Gasteiger partial charge in [0.15, 0.2) is 0 Å². The Labute approximate surface area is 141 Å². The summed E-state index contributed by atoms with van der Waals surface area (Å²) >= 11 is 5.93. The van der Waals surface area contributed by atoms with Crippen molar-refractivity contribution in [2.75, 3.05) is 27.2 Å². The molecule has 1 aliphatic rings. The van der Waals surface area contributed by atoms with Crippen LogP contribution in [-0.4, -0.2) is 53.1 Å². The van der Waals surface area contributed by atoms with Crippen molar-refractivity contribution in [1.29, 1.82) is 0 Å². The number of likely N-dealkylation sites (tertiary alicyclic amines) is 1. The van der Waals surface area contributed by atoms with Crippen molar-refractivity contribution >= 4 is 17.5 Å². The summed E-state index contributed by atoms with van der Waals surface area (Å²) in [5, 5.41) is 7.88. The van der Waals surface area contributed by atoms with Crippen LogP contribution in [0.4, 0.5) is 0 Å². The second kappa shape index (κ2) is 6.72. The monoisotopic (exact) mass is 332 g/mol. The molecule has 3 rings (SSSR count). The topological polar surface area (TPSA) is 52.2 Å². The fraction of sp³-hybridized carbons (Fsp3) is 0.412. The summed E-state index contributed by atoms with van der Waals surface area (Å²) in [6, 6.07) is 7.97. The van der Waals surface area contributed by atoms with Crippen LogP contribution in [0, 0.1) is 0 Å². The summed E-state index contributed by atoms with van der Waals surface area (Å²) in [7, 11) is 3.53. The molecule has 1 saturated heterocycles. The summed E-state index contributed by atoms with van der Waals surface area (Å²) in [6.07, 6.45) is 2.67. The van der Waals surface area contributed by atoms with Crippen molar-refractivity contribution in [3.8, 4) is 0 Å². The smallest absolute Gasteiger partial charge is 0.256 e. The molecule has 1 N–H and O–H groups in total. The Morgan fingerprint density at radius 3 is 2.83 bits per heavy atom. The van der Waals surface area contributed by atoms with Crippen molar-refractivity contribution in [2.45, 2.75) is 18.9 Å². The maximum atomic E-state index is 12.2. The van der Waals surface area contributed by atoms with E-state index in [1.165, 1.54) is 5.56 Å². The lowest BCUT2D eigenvalue weighted by atomic mass is 10.0. The van der Waals surface area contributed by atoms with Crippen LogP contribution in [0.25, 0.3) is 0 Å². The van der Waals surface area contributed by atoms with E-state index in [0.717, 1.165) is 36.8 Å². The first-order valence-electron chi connectivity index (χ1n) is 7.76. The van der Waals surface area contributed by atoms with Gasteiger partial charge in [0, 0.05) is 38.1 Å². The fourth-order valence-electron chi connectivity index (χ4n) is 3.08. The number of benzene rings is 1. The molecule has 2 heterocycles. The number of halogens is 1. The molecule has 1 amide bonds. The van der Waals surface area contributed by atoms with Crippen LogP contribution < -0.4 is 0 Å². The summed E-state index contributed by atoms with van der Waals surface area (Å²) in [5.41, 5.74) is 2.90. The van der Waals surface area contributed by atoms with Gasteiger partial charge >= 0.3 is 0 Å². The zero-order valence-corrected chi connectivity index (χ0v) is 14.2. The second-order valence-corrected chi connectivity index (χ2v) is 6.68. The molecule has 0 saturated carbocycles.